The molecule has 2 aromatic rings. The molecule has 1 amide bonds. The van der Waals surface area contributed by atoms with E-state index in [1.807, 2.05) is 25.1 Å². The highest BCUT2D eigenvalue weighted by molar-refractivity contribution is 7.15. The lowest BCUT2D eigenvalue weighted by molar-refractivity contribution is -0.118. The van der Waals surface area contributed by atoms with Crippen LogP contribution in [0.5, 0.6) is 0 Å². The van der Waals surface area contributed by atoms with Crippen LogP contribution in [0.3, 0.4) is 0 Å². The van der Waals surface area contributed by atoms with Crippen LogP contribution in [0.1, 0.15) is 29.1 Å². The number of nitrogens with zero attached hydrogens (tertiary/aromatic N) is 2. The van der Waals surface area contributed by atoms with Crippen LogP contribution < -0.4 is 10.6 Å². The van der Waals surface area contributed by atoms with Gasteiger partial charge in [0.15, 0.2) is 0 Å². The van der Waals surface area contributed by atoms with Crippen molar-refractivity contribution < 1.29 is 4.79 Å². The van der Waals surface area contributed by atoms with E-state index in [-0.39, 0.29) is 11.9 Å². The smallest absolute Gasteiger partial charge is 0.247 e. The molecule has 0 aliphatic carbocycles. The fourth-order valence-corrected chi connectivity index (χ4v) is 3.05. The summed E-state index contributed by atoms with van der Waals surface area (Å²) in [5, 5.41) is 15.6. The van der Waals surface area contributed by atoms with Crippen molar-refractivity contribution in [2.75, 3.05) is 11.9 Å². The van der Waals surface area contributed by atoms with E-state index < -0.39 is 0 Å². The Morgan fingerprint density at radius 1 is 1.45 bits per heavy atom. The number of hydrogen-bond donors (Lipinski definition) is 2. The first-order chi connectivity index (χ1) is 9.78. The molecule has 3 rings (SSSR count). The first-order valence-corrected chi connectivity index (χ1v) is 7.54. The summed E-state index contributed by atoms with van der Waals surface area (Å²) in [6.45, 7) is 2.83. The summed E-state index contributed by atoms with van der Waals surface area (Å²) in [5.41, 5.74) is 2.29. The van der Waals surface area contributed by atoms with Gasteiger partial charge >= 0.3 is 0 Å². The topological polar surface area (TPSA) is 66.9 Å². The van der Waals surface area contributed by atoms with Crippen molar-refractivity contribution in [3.63, 3.8) is 0 Å². The number of aromatic nitrogens is 2. The van der Waals surface area contributed by atoms with E-state index in [9.17, 15) is 4.79 Å². The maximum absolute atomic E-state index is 12.4. The van der Waals surface area contributed by atoms with Crippen molar-refractivity contribution >= 4 is 22.4 Å². The van der Waals surface area contributed by atoms with E-state index >= 15 is 0 Å². The summed E-state index contributed by atoms with van der Waals surface area (Å²) >= 11 is 1.42. The van der Waals surface area contributed by atoms with Crippen molar-refractivity contribution in [2.24, 2.45) is 0 Å². The molecule has 104 valence electrons. The highest BCUT2D eigenvalue weighted by Gasteiger charge is 2.26. The highest BCUT2D eigenvalue weighted by Crippen LogP contribution is 2.24. The van der Waals surface area contributed by atoms with Crippen LogP contribution in [0.25, 0.3) is 0 Å². The summed E-state index contributed by atoms with van der Waals surface area (Å²) in [6, 6.07) is 7.75. The Bertz CT molecular complexity index is 625. The molecule has 20 heavy (non-hydrogen) atoms. The number of hydrogen-bond acceptors (Lipinski definition) is 5. The van der Waals surface area contributed by atoms with Crippen molar-refractivity contribution in [3.05, 3.63) is 40.4 Å². The van der Waals surface area contributed by atoms with Crippen LogP contribution in [0.4, 0.5) is 5.13 Å². The van der Waals surface area contributed by atoms with Crippen LogP contribution in [-0.4, -0.2) is 22.6 Å². The Labute approximate surface area is 121 Å². The highest BCUT2D eigenvalue weighted by atomic mass is 32.1. The normalized spacial score (nSPS) is 17.6. The van der Waals surface area contributed by atoms with Crippen molar-refractivity contribution in [1.29, 1.82) is 0 Å². The molecule has 1 unspecified atom stereocenters. The number of anilines is 1. The lowest BCUT2D eigenvalue weighted by Crippen LogP contribution is -2.38. The molecule has 1 atom stereocenters. The van der Waals surface area contributed by atoms with Gasteiger partial charge in [-0.15, -0.1) is 10.2 Å². The maximum atomic E-state index is 12.4. The average molecular weight is 288 g/mol. The standard InChI is InChI=1S/C14H16N4OS/c1-2-11-17-18-14(20-11)16-13(19)12-10-6-4-3-5-9(10)7-8-15-12/h3-6,12,15H,2,7-8H2,1H3,(H,16,18,19). The molecule has 2 heterocycles. The Morgan fingerprint density at radius 2 is 2.30 bits per heavy atom. The van der Waals surface area contributed by atoms with E-state index in [0.29, 0.717) is 5.13 Å². The third-order valence-corrected chi connectivity index (χ3v) is 4.35. The number of aryl methyl sites for hydroxylation is 1. The Morgan fingerprint density at radius 3 is 3.10 bits per heavy atom. The Kier molecular flexibility index (Phi) is 3.75. The van der Waals surface area contributed by atoms with E-state index in [0.717, 1.165) is 30.0 Å². The maximum Gasteiger partial charge on any atom is 0.247 e. The lowest BCUT2D eigenvalue weighted by atomic mass is 9.94. The van der Waals surface area contributed by atoms with Gasteiger partial charge < -0.3 is 5.32 Å². The van der Waals surface area contributed by atoms with E-state index in [1.165, 1.54) is 16.9 Å². The third-order valence-electron chi connectivity index (χ3n) is 3.37. The van der Waals surface area contributed by atoms with Crippen LogP contribution >= 0.6 is 11.3 Å². The molecule has 1 aliphatic rings. The monoisotopic (exact) mass is 288 g/mol. The first-order valence-electron chi connectivity index (χ1n) is 6.72. The van der Waals surface area contributed by atoms with E-state index in [1.54, 1.807) is 0 Å². The molecular formula is C14H16N4OS. The van der Waals surface area contributed by atoms with E-state index in [4.69, 9.17) is 0 Å². The molecule has 1 aliphatic heterocycles. The van der Waals surface area contributed by atoms with Crippen LogP contribution in [0, 0.1) is 0 Å². The van der Waals surface area contributed by atoms with Crippen molar-refractivity contribution in [2.45, 2.75) is 25.8 Å². The Balaban J connectivity index is 1.78. The van der Waals surface area contributed by atoms with Gasteiger partial charge in [-0.1, -0.05) is 42.5 Å². The van der Waals surface area contributed by atoms with Gasteiger partial charge in [0.05, 0.1) is 0 Å². The largest absolute Gasteiger partial charge is 0.302 e. The van der Waals surface area contributed by atoms with Gasteiger partial charge in [0.25, 0.3) is 0 Å². The zero-order chi connectivity index (χ0) is 13.9. The summed E-state index contributed by atoms with van der Waals surface area (Å²) < 4.78 is 0. The summed E-state index contributed by atoms with van der Waals surface area (Å²) in [6.07, 6.45) is 1.79. The minimum atomic E-state index is -0.311. The number of carbonyl (C=O) groups excluding carboxylic acids is 1. The Hall–Kier alpha value is -1.79. The van der Waals surface area contributed by atoms with Crippen LogP contribution in [-0.2, 0) is 17.6 Å². The second kappa shape index (κ2) is 5.68. The molecule has 0 saturated carbocycles. The number of fused-ring (bicyclic) bond motifs is 1. The van der Waals surface area contributed by atoms with Gasteiger partial charge in [-0.2, -0.15) is 0 Å². The summed E-state index contributed by atoms with van der Waals surface area (Å²) in [5.74, 6) is -0.0732. The van der Waals surface area contributed by atoms with Gasteiger partial charge in [-0.05, 0) is 24.0 Å². The molecule has 6 heteroatoms. The molecule has 2 N–H and O–H groups in total. The molecule has 1 aromatic heterocycles. The number of carbonyl (C=O) groups is 1. The number of benzene rings is 1. The molecular weight excluding hydrogens is 272 g/mol. The van der Waals surface area contributed by atoms with Crippen molar-refractivity contribution in [3.8, 4) is 0 Å². The minimum Gasteiger partial charge on any atom is -0.302 e. The fourth-order valence-electron chi connectivity index (χ4n) is 2.36. The SMILES string of the molecule is CCc1nnc(NC(=O)C2NCCc3ccccc32)s1. The van der Waals surface area contributed by atoms with Crippen molar-refractivity contribution in [1.82, 2.24) is 15.5 Å². The quantitative estimate of drug-likeness (QED) is 0.905. The summed E-state index contributed by atoms with van der Waals surface area (Å²) in [7, 11) is 0. The van der Waals surface area contributed by atoms with E-state index in [2.05, 4.69) is 26.9 Å². The predicted molar refractivity (Wildman–Crippen MR) is 78.8 cm³/mol. The molecule has 0 spiro atoms. The number of nitrogens with one attached hydrogen (secondary N) is 2. The lowest BCUT2D eigenvalue weighted by Gasteiger charge is -2.25. The average Bonchev–Trinajstić information content (AvgIpc) is 2.94. The number of rotatable bonds is 3. The molecule has 0 saturated heterocycles. The molecule has 1 aromatic carbocycles. The van der Waals surface area contributed by atoms with Gasteiger partial charge in [0.2, 0.25) is 11.0 Å². The van der Waals surface area contributed by atoms with Gasteiger partial charge in [0.1, 0.15) is 11.0 Å². The minimum absolute atomic E-state index is 0.0732. The van der Waals surface area contributed by atoms with Gasteiger partial charge in [0, 0.05) is 6.54 Å². The molecule has 5 nitrogen and oxygen atoms in total. The summed E-state index contributed by atoms with van der Waals surface area (Å²) in [4.78, 5) is 12.4. The van der Waals surface area contributed by atoms with Crippen LogP contribution in [0.15, 0.2) is 24.3 Å². The van der Waals surface area contributed by atoms with Gasteiger partial charge in [-0.25, -0.2) is 0 Å². The second-order valence-electron chi connectivity index (χ2n) is 4.68. The fraction of sp³-hybridized carbons (Fsp3) is 0.357. The third kappa shape index (κ3) is 2.57. The molecule has 0 radical (unpaired) electrons. The zero-order valence-electron chi connectivity index (χ0n) is 11.2. The molecule has 0 bridgehead atoms. The second-order valence-corrected chi connectivity index (χ2v) is 5.74. The molecule has 0 fully saturated rings. The van der Waals surface area contributed by atoms with Crippen LogP contribution in [0.2, 0.25) is 0 Å². The van der Waals surface area contributed by atoms with Gasteiger partial charge in [-0.3, -0.25) is 10.1 Å². The zero-order valence-corrected chi connectivity index (χ0v) is 12.0. The first kappa shape index (κ1) is 13.2. The predicted octanol–water partition coefficient (Wildman–Crippen LogP) is 1.93. The number of amides is 1.